The van der Waals surface area contributed by atoms with Gasteiger partial charge >= 0.3 is 11.9 Å². The number of benzene rings is 2. The number of aliphatic imine (C=N–C) groups is 1. The van der Waals surface area contributed by atoms with Crippen molar-refractivity contribution >= 4 is 46.5 Å². The minimum atomic E-state index is -0.520. The van der Waals surface area contributed by atoms with E-state index < -0.39 is 11.9 Å². The second-order valence-electron chi connectivity index (χ2n) is 6.03. The highest BCUT2D eigenvalue weighted by molar-refractivity contribution is 14.1. The van der Waals surface area contributed by atoms with Crippen LogP contribution >= 0.6 is 22.6 Å². The van der Waals surface area contributed by atoms with Crippen molar-refractivity contribution in [2.45, 2.75) is 20.8 Å². The molecule has 0 bridgehead atoms. The van der Waals surface area contributed by atoms with Gasteiger partial charge in [-0.1, -0.05) is 6.07 Å². The van der Waals surface area contributed by atoms with Gasteiger partial charge < -0.3 is 14.2 Å². The summed E-state index contributed by atoms with van der Waals surface area (Å²) in [6.07, 6.45) is 1.61. The summed E-state index contributed by atoms with van der Waals surface area (Å²) >= 11 is 2.24. The Kier molecular flexibility index (Phi) is 6.13. The van der Waals surface area contributed by atoms with E-state index in [-0.39, 0.29) is 11.6 Å². The number of carbonyl (C=O) groups is 2. The lowest BCUT2D eigenvalue weighted by molar-refractivity contribution is -0.132. The van der Waals surface area contributed by atoms with E-state index >= 15 is 0 Å². The summed E-state index contributed by atoms with van der Waals surface area (Å²) in [7, 11) is 0. The Morgan fingerprint density at radius 1 is 1.21 bits per heavy atom. The van der Waals surface area contributed by atoms with Crippen LogP contribution in [0.25, 0.3) is 6.08 Å². The molecule has 0 amide bonds. The summed E-state index contributed by atoms with van der Waals surface area (Å²) in [5.74, 6) is 0.0546. The molecule has 2 aromatic carbocycles. The fourth-order valence-corrected chi connectivity index (χ4v) is 2.93. The van der Waals surface area contributed by atoms with Gasteiger partial charge in [-0.25, -0.2) is 9.79 Å². The van der Waals surface area contributed by atoms with Gasteiger partial charge in [-0.05, 0) is 84.0 Å². The second kappa shape index (κ2) is 8.55. The molecule has 1 aliphatic heterocycles. The Labute approximate surface area is 176 Å². The zero-order valence-electron chi connectivity index (χ0n) is 15.6. The van der Waals surface area contributed by atoms with E-state index in [1.54, 1.807) is 24.3 Å². The zero-order chi connectivity index (χ0) is 20.3. The molecule has 0 atom stereocenters. The molecule has 1 aliphatic rings. The molecule has 0 radical (unpaired) electrons. The van der Waals surface area contributed by atoms with Gasteiger partial charge in [-0.15, -0.1) is 0 Å². The van der Waals surface area contributed by atoms with E-state index in [2.05, 4.69) is 27.6 Å². The van der Waals surface area contributed by atoms with E-state index in [0.717, 1.165) is 14.7 Å². The Hall–Kier alpha value is -2.68. The number of esters is 2. The normalized spacial score (nSPS) is 14.6. The van der Waals surface area contributed by atoms with Crippen LogP contribution in [-0.2, 0) is 14.3 Å². The Bertz CT molecular complexity index is 1010. The molecule has 0 aliphatic carbocycles. The van der Waals surface area contributed by atoms with Gasteiger partial charge in [0, 0.05) is 16.1 Å². The topological polar surface area (TPSA) is 74.2 Å². The van der Waals surface area contributed by atoms with Crippen molar-refractivity contribution in [1.82, 2.24) is 0 Å². The van der Waals surface area contributed by atoms with Crippen molar-refractivity contribution in [1.29, 1.82) is 0 Å². The summed E-state index contributed by atoms with van der Waals surface area (Å²) in [4.78, 5) is 27.8. The van der Waals surface area contributed by atoms with E-state index in [4.69, 9.17) is 14.2 Å². The third-order valence-corrected chi connectivity index (χ3v) is 5.06. The predicted molar refractivity (Wildman–Crippen MR) is 113 cm³/mol. The summed E-state index contributed by atoms with van der Waals surface area (Å²) < 4.78 is 17.1. The van der Waals surface area contributed by atoms with Crippen LogP contribution in [0.3, 0.4) is 0 Å². The Balaban J connectivity index is 1.92. The van der Waals surface area contributed by atoms with Gasteiger partial charge in [-0.2, -0.15) is 0 Å². The van der Waals surface area contributed by atoms with E-state index in [0.29, 0.717) is 23.7 Å². The Morgan fingerprint density at radius 2 is 2.00 bits per heavy atom. The molecule has 3 rings (SSSR count). The lowest BCUT2D eigenvalue weighted by atomic mass is 10.1. The van der Waals surface area contributed by atoms with Crippen molar-refractivity contribution < 1.29 is 23.8 Å². The molecule has 28 heavy (non-hydrogen) atoms. The van der Waals surface area contributed by atoms with Crippen LogP contribution in [0, 0.1) is 10.5 Å². The highest BCUT2D eigenvalue weighted by Crippen LogP contribution is 2.30. The summed E-state index contributed by atoms with van der Waals surface area (Å²) in [6, 6.07) is 10.8. The molecule has 0 N–H and O–H groups in total. The molecule has 0 aromatic heterocycles. The van der Waals surface area contributed by atoms with Crippen LogP contribution in [0.4, 0.5) is 0 Å². The summed E-state index contributed by atoms with van der Waals surface area (Å²) in [5.41, 5.74) is 2.69. The lowest BCUT2D eigenvalue weighted by Gasteiger charge is -2.10. The van der Waals surface area contributed by atoms with Crippen molar-refractivity contribution in [3.05, 3.63) is 62.4 Å². The first-order valence-corrected chi connectivity index (χ1v) is 9.69. The number of aryl methyl sites for hydroxylation is 1. The average Bonchev–Trinajstić information content (AvgIpc) is 3.00. The molecule has 0 saturated carbocycles. The largest absolute Gasteiger partial charge is 0.490 e. The first-order chi connectivity index (χ1) is 13.4. The molecule has 0 fully saturated rings. The fourth-order valence-electron chi connectivity index (χ4n) is 2.59. The van der Waals surface area contributed by atoms with Gasteiger partial charge in [0.05, 0.1) is 6.61 Å². The predicted octanol–water partition coefficient (Wildman–Crippen LogP) is 4.27. The molecular formula is C21H18INO5. The SMILES string of the molecule is CCOc1cc(/C=C2\N=C(c3ccc(I)c(C)c3)OC2=O)ccc1OC(C)=O. The zero-order valence-corrected chi connectivity index (χ0v) is 17.8. The third kappa shape index (κ3) is 4.59. The van der Waals surface area contributed by atoms with Crippen molar-refractivity contribution in [3.63, 3.8) is 0 Å². The van der Waals surface area contributed by atoms with Crippen LogP contribution in [0.15, 0.2) is 47.1 Å². The lowest BCUT2D eigenvalue weighted by Crippen LogP contribution is -2.06. The number of nitrogens with zero attached hydrogens (tertiary/aromatic N) is 1. The van der Waals surface area contributed by atoms with E-state index in [1.807, 2.05) is 32.0 Å². The fraction of sp³-hybridized carbons (Fsp3) is 0.190. The molecule has 2 aromatic rings. The quantitative estimate of drug-likeness (QED) is 0.271. The minimum Gasteiger partial charge on any atom is -0.490 e. The minimum absolute atomic E-state index is 0.189. The average molecular weight is 491 g/mol. The standard InChI is InChI=1S/C21H18INO5/c1-4-26-19-11-14(5-8-18(19)27-13(3)24)10-17-21(25)28-20(23-17)15-6-7-16(22)12(2)9-15/h5-11H,4H2,1-3H3/b17-10-. The van der Waals surface area contributed by atoms with Crippen molar-refractivity contribution in [2.75, 3.05) is 6.61 Å². The van der Waals surface area contributed by atoms with Gasteiger partial charge in [0.2, 0.25) is 5.90 Å². The number of halogens is 1. The number of cyclic esters (lactones) is 1. The molecular weight excluding hydrogens is 473 g/mol. The van der Waals surface area contributed by atoms with Gasteiger partial charge in [-0.3, -0.25) is 4.79 Å². The number of ether oxygens (including phenoxy) is 3. The maximum Gasteiger partial charge on any atom is 0.363 e. The number of rotatable bonds is 5. The maximum absolute atomic E-state index is 12.2. The number of hydrogen-bond acceptors (Lipinski definition) is 6. The van der Waals surface area contributed by atoms with E-state index in [9.17, 15) is 9.59 Å². The van der Waals surface area contributed by atoms with Crippen LogP contribution in [0.5, 0.6) is 11.5 Å². The maximum atomic E-state index is 12.2. The Morgan fingerprint density at radius 3 is 2.68 bits per heavy atom. The molecule has 7 heteroatoms. The highest BCUT2D eigenvalue weighted by atomic mass is 127. The van der Waals surface area contributed by atoms with E-state index in [1.165, 1.54) is 6.92 Å². The summed E-state index contributed by atoms with van der Waals surface area (Å²) in [5, 5.41) is 0. The third-order valence-electron chi connectivity index (χ3n) is 3.85. The highest BCUT2D eigenvalue weighted by Gasteiger charge is 2.24. The molecule has 144 valence electrons. The summed E-state index contributed by atoms with van der Waals surface area (Å²) in [6.45, 7) is 5.55. The molecule has 1 heterocycles. The first-order valence-electron chi connectivity index (χ1n) is 8.61. The van der Waals surface area contributed by atoms with Crippen LogP contribution in [0.1, 0.15) is 30.5 Å². The number of carbonyl (C=O) groups excluding carboxylic acids is 2. The molecule has 0 spiro atoms. The van der Waals surface area contributed by atoms with Crippen molar-refractivity contribution in [3.8, 4) is 11.5 Å². The molecule has 6 nitrogen and oxygen atoms in total. The van der Waals surface area contributed by atoms with Gasteiger partial charge in [0.15, 0.2) is 17.2 Å². The van der Waals surface area contributed by atoms with Crippen molar-refractivity contribution in [2.24, 2.45) is 4.99 Å². The van der Waals surface area contributed by atoms with Crippen LogP contribution in [0.2, 0.25) is 0 Å². The molecule has 0 saturated heterocycles. The molecule has 0 unspecified atom stereocenters. The van der Waals surface area contributed by atoms with Crippen LogP contribution < -0.4 is 9.47 Å². The van der Waals surface area contributed by atoms with Crippen LogP contribution in [-0.4, -0.2) is 24.4 Å². The smallest absolute Gasteiger partial charge is 0.363 e. The first kappa shape index (κ1) is 20.1. The number of hydrogen-bond donors (Lipinski definition) is 0. The monoisotopic (exact) mass is 491 g/mol. The second-order valence-corrected chi connectivity index (χ2v) is 7.20. The van der Waals surface area contributed by atoms with Gasteiger partial charge in [0.1, 0.15) is 0 Å². The van der Waals surface area contributed by atoms with Gasteiger partial charge in [0.25, 0.3) is 0 Å².